The number of rotatable bonds is 4. The third kappa shape index (κ3) is 3.48. The van der Waals surface area contributed by atoms with E-state index in [0.29, 0.717) is 0 Å². The van der Waals surface area contributed by atoms with E-state index in [2.05, 4.69) is 4.72 Å². The van der Waals surface area contributed by atoms with Crippen molar-refractivity contribution in [1.82, 2.24) is 0 Å². The van der Waals surface area contributed by atoms with Gasteiger partial charge in [0.05, 0.1) is 16.1 Å². The van der Waals surface area contributed by atoms with Crippen molar-refractivity contribution in [3.05, 3.63) is 58.7 Å². The van der Waals surface area contributed by atoms with Crippen LogP contribution in [-0.4, -0.2) is 19.5 Å². The molecule has 0 heterocycles. The van der Waals surface area contributed by atoms with Crippen molar-refractivity contribution in [1.29, 1.82) is 0 Å². The van der Waals surface area contributed by atoms with Crippen LogP contribution in [0.15, 0.2) is 35.2 Å². The smallest absolute Gasteiger partial charge is 0.338 e. The Hall–Kier alpha value is -2.48. The molecular formula is C15H13F2NO4S. The zero-order valence-electron chi connectivity index (χ0n) is 12.2. The van der Waals surface area contributed by atoms with Crippen molar-refractivity contribution < 1.29 is 27.1 Å². The molecule has 2 N–H and O–H groups in total. The Morgan fingerprint density at radius 1 is 1.09 bits per heavy atom. The van der Waals surface area contributed by atoms with Gasteiger partial charge < -0.3 is 5.11 Å². The van der Waals surface area contributed by atoms with Crippen molar-refractivity contribution in [2.45, 2.75) is 18.7 Å². The molecule has 0 amide bonds. The molecule has 122 valence electrons. The molecule has 8 heteroatoms. The van der Waals surface area contributed by atoms with Crippen molar-refractivity contribution in [3.8, 4) is 0 Å². The number of hydrogen-bond acceptors (Lipinski definition) is 3. The summed E-state index contributed by atoms with van der Waals surface area (Å²) in [5, 5.41) is 8.74. The summed E-state index contributed by atoms with van der Waals surface area (Å²) in [6.45, 7) is 2.87. The lowest BCUT2D eigenvalue weighted by Crippen LogP contribution is -2.14. The van der Waals surface area contributed by atoms with Gasteiger partial charge in [0, 0.05) is 0 Å². The van der Waals surface area contributed by atoms with E-state index in [0.717, 1.165) is 30.3 Å². The fourth-order valence-corrected chi connectivity index (χ4v) is 3.25. The molecule has 0 aliphatic rings. The summed E-state index contributed by atoms with van der Waals surface area (Å²) < 4.78 is 53.9. The molecule has 0 aliphatic heterocycles. The molecule has 0 atom stereocenters. The number of anilines is 1. The number of carboxylic acids is 1. The second-order valence-corrected chi connectivity index (χ2v) is 6.66. The van der Waals surface area contributed by atoms with Gasteiger partial charge in [-0.05, 0) is 55.3 Å². The zero-order chi connectivity index (χ0) is 17.4. The molecule has 0 aliphatic carbocycles. The summed E-state index contributed by atoms with van der Waals surface area (Å²) >= 11 is 0. The predicted octanol–water partition coefficient (Wildman–Crippen LogP) is 3.08. The lowest BCUT2D eigenvalue weighted by Gasteiger charge is -2.11. The number of carboxylic acid groups (broad SMARTS) is 1. The molecule has 2 rings (SSSR count). The molecule has 0 aromatic heterocycles. The molecule has 2 aromatic carbocycles. The molecule has 0 radical (unpaired) electrons. The summed E-state index contributed by atoms with van der Waals surface area (Å²) in [7, 11) is -4.06. The summed E-state index contributed by atoms with van der Waals surface area (Å²) in [6.07, 6.45) is 0. The van der Waals surface area contributed by atoms with Crippen LogP contribution < -0.4 is 4.72 Å². The van der Waals surface area contributed by atoms with Gasteiger partial charge in [0.1, 0.15) is 11.6 Å². The molecule has 0 bridgehead atoms. The molecule has 0 saturated carbocycles. The maximum Gasteiger partial charge on any atom is 0.338 e. The number of carbonyl (C=O) groups is 1. The number of nitrogens with one attached hydrogen (secondary N) is 1. The molecule has 0 unspecified atom stereocenters. The van der Waals surface area contributed by atoms with Crippen LogP contribution in [0.2, 0.25) is 0 Å². The van der Waals surface area contributed by atoms with Crippen LogP contribution in [0.4, 0.5) is 14.5 Å². The van der Waals surface area contributed by atoms with Gasteiger partial charge in [-0.1, -0.05) is 0 Å². The Kier molecular flexibility index (Phi) is 4.37. The highest BCUT2D eigenvalue weighted by molar-refractivity contribution is 7.92. The van der Waals surface area contributed by atoms with Crippen molar-refractivity contribution in [2.75, 3.05) is 4.72 Å². The SMILES string of the molecule is Cc1cc(S(=O)(=O)Nc2ccc(C(=O)O)c(F)c2)cc(C)c1F. The topological polar surface area (TPSA) is 83.5 Å². The number of aryl methyl sites for hydroxylation is 2. The summed E-state index contributed by atoms with van der Waals surface area (Å²) in [5.74, 6) is -3.02. The number of sulfonamides is 1. The lowest BCUT2D eigenvalue weighted by molar-refractivity contribution is 0.0692. The van der Waals surface area contributed by atoms with E-state index in [-0.39, 0.29) is 21.7 Å². The maximum atomic E-state index is 13.6. The largest absolute Gasteiger partial charge is 0.478 e. The van der Waals surface area contributed by atoms with E-state index in [1.54, 1.807) is 0 Å². The van der Waals surface area contributed by atoms with E-state index in [9.17, 15) is 22.0 Å². The molecule has 2 aromatic rings. The van der Waals surface area contributed by atoms with Crippen molar-refractivity contribution in [2.24, 2.45) is 0 Å². The van der Waals surface area contributed by atoms with Gasteiger partial charge in [-0.2, -0.15) is 0 Å². The highest BCUT2D eigenvalue weighted by Crippen LogP contribution is 2.22. The van der Waals surface area contributed by atoms with E-state index in [1.165, 1.54) is 13.8 Å². The standard InChI is InChI=1S/C15H13F2NO4S/c1-8-5-11(6-9(2)14(8)17)23(21,22)18-10-3-4-12(15(19)20)13(16)7-10/h3-7,18H,1-2H3,(H,19,20). The van der Waals surface area contributed by atoms with Crippen LogP contribution in [0, 0.1) is 25.5 Å². The van der Waals surface area contributed by atoms with E-state index >= 15 is 0 Å². The monoisotopic (exact) mass is 341 g/mol. The lowest BCUT2D eigenvalue weighted by atomic mass is 10.1. The highest BCUT2D eigenvalue weighted by Gasteiger charge is 2.18. The third-order valence-corrected chi connectivity index (χ3v) is 4.53. The number of aromatic carboxylic acids is 1. The van der Waals surface area contributed by atoms with Crippen LogP contribution >= 0.6 is 0 Å². The minimum absolute atomic E-state index is 0.132. The van der Waals surface area contributed by atoms with Crippen LogP contribution in [0.5, 0.6) is 0 Å². The van der Waals surface area contributed by atoms with Gasteiger partial charge in [0.2, 0.25) is 0 Å². The Balaban J connectivity index is 2.39. The summed E-state index contributed by atoms with van der Waals surface area (Å²) in [4.78, 5) is 10.6. The Morgan fingerprint density at radius 3 is 2.13 bits per heavy atom. The van der Waals surface area contributed by atoms with E-state index < -0.39 is 33.2 Å². The summed E-state index contributed by atoms with van der Waals surface area (Å²) in [6, 6.07) is 5.17. The summed E-state index contributed by atoms with van der Waals surface area (Å²) in [5.41, 5.74) is -0.371. The van der Waals surface area contributed by atoms with Gasteiger partial charge in [0.25, 0.3) is 10.0 Å². The molecule has 23 heavy (non-hydrogen) atoms. The first-order chi connectivity index (χ1) is 10.6. The first-order valence-electron chi connectivity index (χ1n) is 6.44. The quantitative estimate of drug-likeness (QED) is 0.895. The van der Waals surface area contributed by atoms with Gasteiger partial charge >= 0.3 is 5.97 Å². The van der Waals surface area contributed by atoms with E-state index in [1.807, 2.05) is 0 Å². The molecular weight excluding hydrogens is 328 g/mol. The molecule has 5 nitrogen and oxygen atoms in total. The molecule has 0 fully saturated rings. The average Bonchev–Trinajstić information content (AvgIpc) is 2.43. The van der Waals surface area contributed by atoms with Gasteiger partial charge in [-0.25, -0.2) is 22.0 Å². The Labute approximate surface area is 131 Å². The van der Waals surface area contributed by atoms with Crippen LogP contribution in [0.3, 0.4) is 0 Å². The number of hydrogen-bond donors (Lipinski definition) is 2. The Morgan fingerprint density at radius 2 is 1.65 bits per heavy atom. The van der Waals surface area contributed by atoms with Crippen molar-refractivity contribution >= 4 is 21.7 Å². The fourth-order valence-electron chi connectivity index (χ4n) is 2.03. The highest BCUT2D eigenvalue weighted by atomic mass is 32.2. The van der Waals surface area contributed by atoms with Gasteiger partial charge in [0.15, 0.2) is 0 Å². The molecule has 0 spiro atoms. The Bertz CT molecular complexity index is 871. The normalized spacial score (nSPS) is 11.3. The minimum atomic E-state index is -4.06. The average molecular weight is 341 g/mol. The van der Waals surface area contributed by atoms with Crippen LogP contribution in [0.25, 0.3) is 0 Å². The second kappa shape index (κ2) is 5.96. The number of halogens is 2. The van der Waals surface area contributed by atoms with Crippen molar-refractivity contribution in [3.63, 3.8) is 0 Å². The van der Waals surface area contributed by atoms with Crippen LogP contribution in [-0.2, 0) is 10.0 Å². The van der Waals surface area contributed by atoms with Crippen LogP contribution in [0.1, 0.15) is 21.5 Å². The zero-order valence-corrected chi connectivity index (χ0v) is 13.0. The fraction of sp³-hybridized carbons (Fsp3) is 0.133. The molecule has 0 saturated heterocycles. The predicted molar refractivity (Wildman–Crippen MR) is 80.0 cm³/mol. The first-order valence-corrected chi connectivity index (χ1v) is 7.92. The van der Waals surface area contributed by atoms with Gasteiger partial charge in [-0.15, -0.1) is 0 Å². The second-order valence-electron chi connectivity index (χ2n) is 4.98. The van der Waals surface area contributed by atoms with Gasteiger partial charge in [-0.3, -0.25) is 4.72 Å². The first kappa shape index (κ1) is 16.9. The third-order valence-electron chi connectivity index (χ3n) is 3.17. The van der Waals surface area contributed by atoms with E-state index in [4.69, 9.17) is 5.11 Å². The maximum absolute atomic E-state index is 13.6. The number of benzene rings is 2. The minimum Gasteiger partial charge on any atom is -0.478 e.